The Hall–Kier alpha value is -2.58. The summed E-state index contributed by atoms with van der Waals surface area (Å²) in [5.74, 6) is -1.01. The van der Waals surface area contributed by atoms with Crippen LogP contribution < -0.4 is 26.6 Å². The van der Waals surface area contributed by atoms with Crippen LogP contribution in [0.25, 0.3) is 0 Å². The number of nitrogens with one attached hydrogen (secondary N) is 5. The highest BCUT2D eigenvalue weighted by Crippen LogP contribution is 2.10. The number of rotatable bonds is 15. The van der Waals surface area contributed by atoms with Crippen molar-refractivity contribution < 1.29 is 19.2 Å². The molecule has 0 aromatic heterocycles. The standard InChI is InChI=1S/C29H53N5O4/c1-5-6-7-8-9-10-11-12-13-15-21-31-29(38)34-26(22(2)3)28(37)33-24-17-14-16-20-30-25(35)19-18-23(4)32-27(24)36/h18-19,22-24,26H,5-17,20-21H2,1-4H3,(H,30,35)(H,32,36)(H,33,37)(H2,31,34,38)/b19-18+/t23-,24-,26-/m0/s1. The van der Waals surface area contributed by atoms with E-state index in [4.69, 9.17) is 0 Å². The summed E-state index contributed by atoms with van der Waals surface area (Å²) in [5, 5.41) is 14.1. The van der Waals surface area contributed by atoms with Crippen molar-refractivity contribution in [3.05, 3.63) is 12.2 Å². The van der Waals surface area contributed by atoms with E-state index < -0.39 is 12.1 Å². The zero-order chi connectivity index (χ0) is 28.2. The predicted molar refractivity (Wildman–Crippen MR) is 153 cm³/mol. The summed E-state index contributed by atoms with van der Waals surface area (Å²) in [6, 6.07) is -2.20. The molecule has 0 fully saturated rings. The van der Waals surface area contributed by atoms with Gasteiger partial charge in [-0.1, -0.05) is 84.6 Å². The molecule has 0 unspecified atom stereocenters. The van der Waals surface area contributed by atoms with Crippen LogP contribution in [-0.4, -0.2) is 55.0 Å². The molecule has 0 radical (unpaired) electrons. The highest BCUT2D eigenvalue weighted by atomic mass is 16.2. The summed E-state index contributed by atoms with van der Waals surface area (Å²) in [4.78, 5) is 50.1. The van der Waals surface area contributed by atoms with Gasteiger partial charge in [0.2, 0.25) is 17.7 Å². The first-order valence-electron chi connectivity index (χ1n) is 14.9. The first kappa shape index (κ1) is 33.4. The van der Waals surface area contributed by atoms with E-state index >= 15 is 0 Å². The Balaban J connectivity index is 2.45. The van der Waals surface area contributed by atoms with Gasteiger partial charge in [0.05, 0.1) is 0 Å². The molecule has 0 aliphatic carbocycles. The van der Waals surface area contributed by atoms with Crippen molar-refractivity contribution in [2.24, 2.45) is 5.92 Å². The zero-order valence-corrected chi connectivity index (χ0v) is 24.2. The Morgan fingerprint density at radius 3 is 2.24 bits per heavy atom. The van der Waals surface area contributed by atoms with Gasteiger partial charge < -0.3 is 26.6 Å². The maximum Gasteiger partial charge on any atom is 0.315 e. The van der Waals surface area contributed by atoms with Gasteiger partial charge in [0.15, 0.2) is 0 Å². The van der Waals surface area contributed by atoms with Gasteiger partial charge in [-0.2, -0.15) is 0 Å². The summed E-state index contributed by atoms with van der Waals surface area (Å²) in [5.41, 5.74) is 0. The second kappa shape index (κ2) is 20.4. The van der Waals surface area contributed by atoms with Crippen molar-refractivity contribution in [1.82, 2.24) is 26.6 Å². The lowest BCUT2D eigenvalue weighted by molar-refractivity contribution is -0.130. The van der Waals surface area contributed by atoms with Gasteiger partial charge in [-0.3, -0.25) is 14.4 Å². The number of urea groups is 1. The molecule has 218 valence electrons. The van der Waals surface area contributed by atoms with Gasteiger partial charge in [0, 0.05) is 25.2 Å². The number of amides is 5. The van der Waals surface area contributed by atoms with Crippen molar-refractivity contribution in [2.45, 2.75) is 129 Å². The highest BCUT2D eigenvalue weighted by Gasteiger charge is 2.29. The minimum atomic E-state index is -0.756. The molecule has 0 spiro atoms. The van der Waals surface area contributed by atoms with Gasteiger partial charge >= 0.3 is 6.03 Å². The third kappa shape index (κ3) is 15.6. The van der Waals surface area contributed by atoms with Crippen LogP contribution in [0.15, 0.2) is 12.2 Å². The average Bonchev–Trinajstić information content (AvgIpc) is 2.87. The Morgan fingerprint density at radius 2 is 1.61 bits per heavy atom. The monoisotopic (exact) mass is 535 g/mol. The Morgan fingerprint density at radius 1 is 0.974 bits per heavy atom. The van der Waals surface area contributed by atoms with E-state index in [0.717, 1.165) is 12.8 Å². The van der Waals surface area contributed by atoms with E-state index in [0.29, 0.717) is 32.4 Å². The first-order chi connectivity index (χ1) is 18.2. The molecule has 5 N–H and O–H groups in total. The largest absolute Gasteiger partial charge is 0.353 e. The van der Waals surface area contributed by atoms with Gasteiger partial charge in [0.25, 0.3) is 0 Å². The van der Waals surface area contributed by atoms with Crippen LogP contribution in [0.4, 0.5) is 4.79 Å². The van der Waals surface area contributed by atoms with Crippen LogP contribution in [0.5, 0.6) is 0 Å². The normalized spacial score (nSPS) is 20.3. The van der Waals surface area contributed by atoms with E-state index in [2.05, 4.69) is 33.5 Å². The summed E-state index contributed by atoms with van der Waals surface area (Å²) in [7, 11) is 0. The second-order valence-electron chi connectivity index (χ2n) is 10.8. The lowest BCUT2D eigenvalue weighted by Gasteiger charge is -2.26. The van der Waals surface area contributed by atoms with E-state index in [1.54, 1.807) is 13.0 Å². The summed E-state index contributed by atoms with van der Waals surface area (Å²) >= 11 is 0. The quantitative estimate of drug-likeness (QED) is 0.202. The van der Waals surface area contributed by atoms with Crippen LogP contribution in [0.2, 0.25) is 0 Å². The molecule has 0 aromatic carbocycles. The summed E-state index contributed by atoms with van der Waals surface area (Å²) < 4.78 is 0. The van der Waals surface area contributed by atoms with Crippen molar-refractivity contribution in [1.29, 1.82) is 0 Å². The number of carbonyl (C=O) groups excluding carboxylic acids is 4. The van der Waals surface area contributed by atoms with Gasteiger partial charge in [0.1, 0.15) is 12.1 Å². The fourth-order valence-corrected chi connectivity index (χ4v) is 4.42. The molecule has 0 aromatic rings. The molecule has 9 heteroatoms. The van der Waals surface area contributed by atoms with E-state index in [1.807, 2.05) is 13.8 Å². The number of hydrogen-bond acceptors (Lipinski definition) is 4. The fourth-order valence-electron chi connectivity index (χ4n) is 4.42. The molecule has 5 amide bonds. The van der Waals surface area contributed by atoms with Crippen LogP contribution in [0.1, 0.15) is 111 Å². The molecule has 1 heterocycles. The van der Waals surface area contributed by atoms with Gasteiger partial charge in [-0.05, 0) is 38.5 Å². The van der Waals surface area contributed by atoms with Crippen molar-refractivity contribution >= 4 is 23.8 Å². The highest BCUT2D eigenvalue weighted by molar-refractivity contribution is 5.92. The van der Waals surface area contributed by atoms with E-state index in [-0.39, 0.29) is 35.7 Å². The number of hydrogen-bond donors (Lipinski definition) is 5. The molecule has 1 aliphatic heterocycles. The third-order valence-electron chi connectivity index (χ3n) is 6.81. The van der Waals surface area contributed by atoms with Crippen LogP contribution in [0.3, 0.4) is 0 Å². The Labute approximate surface area is 230 Å². The molecular weight excluding hydrogens is 482 g/mol. The molecule has 1 rings (SSSR count). The second-order valence-corrected chi connectivity index (χ2v) is 10.8. The topological polar surface area (TPSA) is 128 Å². The van der Waals surface area contributed by atoms with Gasteiger partial charge in [-0.15, -0.1) is 0 Å². The van der Waals surface area contributed by atoms with E-state index in [1.165, 1.54) is 57.4 Å². The maximum absolute atomic E-state index is 13.1. The van der Waals surface area contributed by atoms with Crippen LogP contribution >= 0.6 is 0 Å². The molecule has 38 heavy (non-hydrogen) atoms. The SMILES string of the molecule is CCCCCCCCCCCCNC(=O)N[C@H](C(=O)N[C@H]1CCCCNC(=O)/C=C/[C@H](C)NC1=O)C(C)C. The van der Waals surface area contributed by atoms with Crippen LogP contribution in [-0.2, 0) is 14.4 Å². The molecule has 0 saturated heterocycles. The van der Waals surface area contributed by atoms with Crippen molar-refractivity contribution in [3.63, 3.8) is 0 Å². The lowest BCUT2D eigenvalue weighted by Crippen LogP contribution is -2.57. The fraction of sp³-hybridized carbons (Fsp3) is 0.793. The van der Waals surface area contributed by atoms with Crippen molar-refractivity contribution in [3.8, 4) is 0 Å². The zero-order valence-electron chi connectivity index (χ0n) is 24.2. The predicted octanol–water partition coefficient (Wildman–Crippen LogP) is 4.08. The van der Waals surface area contributed by atoms with E-state index in [9.17, 15) is 19.2 Å². The first-order valence-corrected chi connectivity index (χ1v) is 14.9. The summed E-state index contributed by atoms with van der Waals surface area (Å²) in [6.45, 7) is 8.81. The lowest BCUT2D eigenvalue weighted by atomic mass is 10.0. The minimum absolute atomic E-state index is 0.149. The molecular formula is C29H53N5O4. The molecule has 9 nitrogen and oxygen atoms in total. The number of unbranched alkanes of at least 4 members (excludes halogenated alkanes) is 9. The molecule has 0 saturated carbocycles. The van der Waals surface area contributed by atoms with Crippen molar-refractivity contribution in [2.75, 3.05) is 13.1 Å². The molecule has 0 bridgehead atoms. The van der Waals surface area contributed by atoms with Gasteiger partial charge in [-0.25, -0.2) is 4.79 Å². The summed E-state index contributed by atoms with van der Waals surface area (Å²) in [6.07, 6.45) is 17.1. The molecule has 1 aliphatic rings. The maximum atomic E-state index is 13.1. The molecule has 3 atom stereocenters. The Bertz CT molecular complexity index is 740. The average molecular weight is 536 g/mol. The number of carbonyl (C=O) groups is 4. The van der Waals surface area contributed by atoms with Crippen LogP contribution in [0, 0.1) is 5.92 Å². The smallest absolute Gasteiger partial charge is 0.315 e. The minimum Gasteiger partial charge on any atom is -0.353 e. The third-order valence-corrected chi connectivity index (χ3v) is 6.81. The Kier molecular flexibility index (Phi) is 17.9.